The Labute approximate surface area is 129 Å². The zero-order valence-corrected chi connectivity index (χ0v) is 12.7. The smallest absolute Gasteiger partial charge is 0.272 e. The molecule has 0 bridgehead atoms. The molecule has 2 heterocycles. The van der Waals surface area contributed by atoms with Gasteiger partial charge < -0.3 is 4.90 Å². The Morgan fingerprint density at radius 2 is 2.23 bits per heavy atom. The van der Waals surface area contributed by atoms with Crippen molar-refractivity contribution in [3.63, 3.8) is 0 Å². The van der Waals surface area contributed by atoms with E-state index in [0.29, 0.717) is 5.56 Å². The van der Waals surface area contributed by atoms with E-state index in [1.54, 1.807) is 13.0 Å². The highest BCUT2D eigenvalue weighted by atomic mass is 16.6. The van der Waals surface area contributed by atoms with Gasteiger partial charge in [-0.3, -0.25) is 10.1 Å². The van der Waals surface area contributed by atoms with Crippen LogP contribution in [0.2, 0.25) is 0 Å². The molecule has 0 aliphatic carbocycles. The van der Waals surface area contributed by atoms with E-state index in [-0.39, 0.29) is 10.6 Å². The van der Waals surface area contributed by atoms with Gasteiger partial charge in [-0.05, 0) is 31.0 Å². The average Bonchev–Trinajstić information content (AvgIpc) is 2.53. The van der Waals surface area contributed by atoms with Crippen molar-refractivity contribution in [2.24, 2.45) is 0 Å². The lowest BCUT2D eigenvalue weighted by Crippen LogP contribution is -2.31. The minimum absolute atomic E-state index is 0.164. The third kappa shape index (κ3) is 2.64. The number of hydrogen-bond acceptors (Lipinski definition) is 5. The molecule has 6 heteroatoms. The molecule has 0 unspecified atom stereocenters. The fourth-order valence-corrected chi connectivity index (χ4v) is 2.78. The fraction of sp³-hybridized carbons (Fsp3) is 0.375. The van der Waals surface area contributed by atoms with Crippen LogP contribution in [0.1, 0.15) is 29.6 Å². The summed E-state index contributed by atoms with van der Waals surface area (Å²) in [6.07, 6.45) is 3.65. The van der Waals surface area contributed by atoms with Crippen LogP contribution in [0.25, 0.3) is 0 Å². The minimum Gasteiger partial charge on any atom is -0.365 e. The molecule has 0 fully saturated rings. The molecule has 22 heavy (non-hydrogen) atoms. The lowest BCUT2D eigenvalue weighted by atomic mass is 10.1. The van der Waals surface area contributed by atoms with Gasteiger partial charge in [-0.2, -0.15) is 0 Å². The third-order valence-electron chi connectivity index (χ3n) is 4.05. The quantitative estimate of drug-likeness (QED) is 0.643. The molecule has 0 saturated carbocycles. The summed E-state index contributed by atoms with van der Waals surface area (Å²) in [5.41, 5.74) is 4.12. The number of nitro groups is 1. The van der Waals surface area contributed by atoms with Gasteiger partial charge in [0, 0.05) is 36.5 Å². The number of rotatable bonds is 3. The van der Waals surface area contributed by atoms with Gasteiger partial charge in [-0.25, -0.2) is 9.97 Å². The first-order valence-corrected chi connectivity index (χ1v) is 7.42. The molecule has 0 radical (unpaired) electrons. The molecule has 0 spiro atoms. The Bertz CT molecular complexity index is 730. The summed E-state index contributed by atoms with van der Waals surface area (Å²) in [6, 6.07) is 5.28. The molecule has 6 nitrogen and oxygen atoms in total. The highest BCUT2D eigenvalue weighted by molar-refractivity contribution is 5.56. The maximum absolute atomic E-state index is 10.9. The van der Waals surface area contributed by atoms with Crippen molar-refractivity contribution >= 4 is 11.4 Å². The zero-order valence-electron chi connectivity index (χ0n) is 12.7. The van der Waals surface area contributed by atoms with Crippen LogP contribution < -0.4 is 4.90 Å². The van der Waals surface area contributed by atoms with Crippen LogP contribution in [0.3, 0.4) is 0 Å². The Morgan fingerprint density at radius 1 is 1.41 bits per heavy atom. The van der Waals surface area contributed by atoms with Crippen molar-refractivity contribution in [3.8, 4) is 0 Å². The molecule has 2 aromatic rings. The zero-order chi connectivity index (χ0) is 15.7. The molecule has 3 rings (SSSR count). The molecular weight excluding hydrogens is 280 g/mol. The monoisotopic (exact) mass is 298 g/mol. The van der Waals surface area contributed by atoms with Gasteiger partial charge in [0.2, 0.25) is 0 Å². The number of anilines is 1. The predicted molar refractivity (Wildman–Crippen MR) is 84.0 cm³/mol. The average molecular weight is 298 g/mol. The van der Waals surface area contributed by atoms with Crippen LogP contribution in [0, 0.1) is 17.0 Å². The van der Waals surface area contributed by atoms with E-state index in [4.69, 9.17) is 0 Å². The van der Waals surface area contributed by atoms with E-state index < -0.39 is 0 Å². The number of aromatic nitrogens is 2. The highest BCUT2D eigenvalue weighted by Crippen LogP contribution is 2.27. The van der Waals surface area contributed by atoms with Crippen molar-refractivity contribution in [2.75, 3.05) is 11.4 Å². The lowest BCUT2D eigenvalue weighted by Gasteiger charge is -2.30. The number of nitrogens with zero attached hydrogens (tertiary/aromatic N) is 4. The van der Waals surface area contributed by atoms with Gasteiger partial charge in [0.15, 0.2) is 0 Å². The number of benzene rings is 1. The van der Waals surface area contributed by atoms with Crippen LogP contribution in [0.15, 0.2) is 24.4 Å². The molecule has 1 aliphatic rings. The van der Waals surface area contributed by atoms with E-state index in [2.05, 4.69) is 14.9 Å². The first-order valence-electron chi connectivity index (χ1n) is 7.42. The number of fused-ring (bicyclic) bond motifs is 1. The second kappa shape index (κ2) is 5.71. The van der Waals surface area contributed by atoms with E-state index in [1.165, 1.54) is 5.56 Å². The van der Waals surface area contributed by atoms with Crippen molar-refractivity contribution < 1.29 is 4.92 Å². The maximum atomic E-state index is 10.9. The van der Waals surface area contributed by atoms with Gasteiger partial charge in [0.1, 0.15) is 5.82 Å². The van der Waals surface area contributed by atoms with E-state index in [1.807, 2.05) is 25.3 Å². The maximum Gasteiger partial charge on any atom is 0.272 e. The number of nitro benzene ring substituents is 1. The van der Waals surface area contributed by atoms with Crippen LogP contribution in [-0.4, -0.2) is 21.4 Å². The normalized spacial score (nSPS) is 13.8. The second-order valence-corrected chi connectivity index (χ2v) is 5.51. The number of aryl methyl sites for hydroxylation is 2. The molecule has 1 aromatic carbocycles. The molecular formula is C16H18N4O2. The summed E-state index contributed by atoms with van der Waals surface area (Å²) in [5.74, 6) is 0.862. The minimum atomic E-state index is -0.342. The van der Waals surface area contributed by atoms with Crippen molar-refractivity contribution in [1.29, 1.82) is 0 Å². The first kappa shape index (κ1) is 14.4. The van der Waals surface area contributed by atoms with Gasteiger partial charge >= 0.3 is 0 Å². The van der Waals surface area contributed by atoms with Crippen LogP contribution in [0.4, 0.5) is 11.4 Å². The predicted octanol–water partition coefficient (Wildman–Crippen LogP) is 2.82. The van der Waals surface area contributed by atoms with Crippen molar-refractivity contribution in [3.05, 3.63) is 57.2 Å². The Kier molecular flexibility index (Phi) is 3.75. The standard InChI is InChI=1S/C16H18N4O2/c1-3-16-17-9-12-6-7-19(10-14(12)18-16)13-4-5-15(20(21)22)11(2)8-13/h4-5,8-9H,3,6-7,10H2,1-2H3. The molecule has 0 N–H and O–H groups in total. The van der Waals surface area contributed by atoms with Crippen molar-refractivity contribution in [2.45, 2.75) is 33.2 Å². The Balaban J connectivity index is 1.88. The second-order valence-electron chi connectivity index (χ2n) is 5.51. The van der Waals surface area contributed by atoms with E-state index in [0.717, 1.165) is 43.1 Å². The third-order valence-corrected chi connectivity index (χ3v) is 4.05. The van der Waals surface area contributed by atoms with Crippen LogP contribution in [-0.2, 0) is 19.4 Å². The number of hydrogen-bond donors (Lipinski definition) is 0. The molecule has 0 atom stereocenters. The highest BCUT2D eigenvalue weighted by Gasteiger charge is 2.20. The van der Waals surface area contributed by atoms with Crippen LogP contribution >= 0.6 is 0 Å². The van der Waals surface area contributed by atoms with Crippen LogP contribution in [0.5, 0.6) is 0 Å². The summed E-state index contributed by atoms with van der Waals surface area (Å²) in [4.78, 5) is 21.8. The SMILES string of the molecule is CCc1ncc2c(n1)CN(c1ccc([N+](=O)[O-])c(C)c1)CC2. The topological polar surface area (TPSA) is 72.2 Å². The van der Waals surface area contributed by atoms with Gasteiger partial charge in [-0.15, -0.1) is 0 Å². The molecule has 1 aromatic heterocycles. The van der Waals surface area contributed by atoms with E-state index in [9.17, 15) is 10.1 Å². The van der Waals surface area contributed by atoms with E-state index >= 15 is 0 Å². The van der Waals surface area contributed by atoms with Gasteiger partial charge in [0.25, 0.3) is 5.69 Å². The summed E-state index contributed by atoms with van der Waals surface area (Å²) in [5, 5.41) is 10.9. The fourth-order valence-electron chi connectivity index (χ4n) is 2.78. The summed E-state index contributed by atoms with van der Waals surface area (Å²) in [6.45, 7) is 5.42. The van der Waals surface area contributed by atoms with Gasteiger partial charge in [-0.1, -0.05) is 6.92 Å². The molecule has 0 amide bonds. The van der Waals surface area contributed by atoms with Gasteiger partial charge in [0.05, 0.1) is 17.2 Å². The lowest BCUT2D eigenvalue weighted by molar-refractivity contribution is -0.385. The Hall–Kier alpha value is -2.50. The molecule has 0 saturated heterocycles. The van der Waals surface area contributed by atoms with Crippen molar-refractivity contribution in [1.82, 2.24) is 9.97 Å². The first-order chi connectivity index (χ1) is 10.6. The summed E-state index contributed by atoms with van der Waals surface area (Å²) in [7, 11) is 0. The molecule has 1 aliphatic heterocycles. The summed E-state index contributed by atoms with van der Waals surface area (Å²) >= 11 is 0. The Morgan fingerprint density at radius 3 is 2.91 bits per heavy atom. The largest absolute Gasteiger partial charge is 0.365 e. The summed E-state index contributed by atoms with van der Waals surface area (Å²) < 4.78 is 0. The molecule has 114 valence electrons.